The average Bonchev–Trinajstić information content (AvgIpc) is 2.88. The molecule has 0 amide bonds. The normalized spacial score (nSPS) is 11.2. The van der Waals surface area contributed by atoms with E-state index in [4.69, 9.17) is 11.6 Å². The summed E-state index contributed by atoms with van der Waals surface area (Å²) in [5, 5.41) is 13.0. The molecule has 6 nitrogen and oxygen atoms in total. The number of nitrogens with zero attached hydrogens (tertiary/aromatic N) is 3. The highest BCUT2D eigenvalue weighted by Gasteiger charge is 2.19. The number of methoxy groups -OCH3 is 1. The summed E-state index contributed by atoms with van der Waals surface area (Å²) in [6.45, 7) is 0.206. The second kappa shape index (κ2) is 6.01. The Morgan fingerprint density at radius 3 is 2.96 bits per heavy atom. The highest BCUT2D eigenvalue weighted by Crippen LogP contribution is 2.31. The molecule has 0 aliphatic carbocycles. The molecule has 1 aromatic carbocycles. The highest BCUT2D eigenvalue weighted by atomic mass is 19.1. The van der Waals surface area contributed by atoms with Gasteiger partial charge >= 0.3 is 5.97 Å². The molecule has 120 valence electrons. The Labute approximate surface area is 136 Å². The molecule has 2 heterocycles. The van der Waals surface area contributed by atoms with Gasteiger partial charge in [-0.15, -0.1) is 6.42 Å². The van der Waals surface area contributed by atoms with Crippen molar-refractivity contribution in [1.29, 1.82) is 0 Å². The first kappa shape index (κ1) is 15.5. The van der Waals surface area contributed by atoms with Crippen LogP contribution in [0.2, 0.25) is 0 Å². The lowest BCUT2D eigenvalue weighted by atomic mass is 10.1. The number of ether oxygens (including phenoxy) is 1. The van der Waals surface area contributed by atoms with Crippen LogP contribution in [0.5, 0.6) is 0 Å². The van der Waals surface area contributed by atoms with Crippen LogP contribution in [0, 0.1) is 18.2 Å². The van der Waals surface area contributed by atoms with Gasteiger partial charge in [0, 0.05) is 10.8 Å². The van der Waals surface area contributed by atoms with Crippen LogP contribution < -0.4 is 0 Å². The molecule has 0 saturated heterocycles. The monoisotopic (exact) mass is 325 g/mol. The molecule has 2 aromatic heterocycles. The van der Waals surface area contributed by atoms with Gasteiger partial charge < -0.3 is 14.5 Å². The zero-order valence-electron chi connectivity index (χ0n) is 12.7. The fourth-order valence-electron chi connectivity index (χ4n) is 2.74. The fourth-order valence-corrected chi connectivity index (χ4v) is 2.74. The molecule has 0 spiro atoms. The standard InChI is InChI=1S/C17H12FN3O3/c1-3-6-21-15-5-4-10(18)7-11(15)12-8-13(17(22)24-2)20-14(9-19-23)16(12)21/h1,4-5,7-9,23H,6H2,2H3/b19-9+. The Kier molecular flexibility index (Phi) is 3.88. The van der Waals surface area contributed by atoms with Crippen LogP contribution in [0.3, 0.4) is 0 Å². The minimum absolute atomic E-state index is 0.0175. The number of carbonyl (C=O) groups is 1. The molecule has 0 aliphatic heterocycles. The third kappa shape index (κ3) is 2.34. The fraction of sp³-hybridized carbons (Fsp3) is 0.118. The molecule has 0 saturated carbocycles. The van der Waals surface area contributed by atoms with Crippen LogP contribution in [-0.2, 0) is 11.3 Å². The van der Waals surface area contributed by atoms with Crippen molar-refractivity contribution in [2.24, 2.45) is 5.16 Å². The smallest absolute Gasteiger partial charge is 0.356 e. The number of rotatable bonds is 3. The van der Waals surface area contributed by atoms with Crippen molar-refractivity contribution in [3.63, 3.8) is 0 Å². The zero-order valence-corrected chi connectivity index (χ0v) is 12.7. The molecular formula is C17H12FN3O3. The van der Waals surface area contributed by atoms with Crippen molar-refractivity contribution < 1.29 is 19.1 Å². The number of hydrogen-bond acceptors (Lipinski definition) is 5. The molecule has 0 atom stereocenters. The van der Waals surface area contributed by atoms with Crippen LogP contribution >= 0.6 is 0 Å². The van der Waals surface area contributed by atoms with E-state index in [1.165, 1.54) is 25.3 Å². The van der Waals surface area contributed by atoms with Crippen LogP contribution in [0.4, 0.5) is 4.39 Å². The largest absolute Gasteiger partial charge is 0.464 e. The quantitative estimate of drug-likeness (QED) is 0.264. The lowest BCUT2D eigenvalue weighted by molar-refractivity contribution is 0.0594. The Balaban J connectivity index is 2.52. The van der Waals surface area contributed by atoms with E-state index in [2.05, 4.69) is 20.8 Å². The SMILES string of the molecule is C#CCn1c2ccc(F)cc2c2cc(C(=O)OC)nc(/C=N/O)c21. The van der Waals surface area contributed by atoms with Gasteiger partial charge in [0.2, 0.25) is 0 Å². The first-order valence-electron chi connectivity index (χ1n) is 6.92. The number of esters is 1. The molecule has 3 rings (SSSR count). The van der Waals surface area contributed by atoms with Crippen molar-refractivity contribution in [1.82, 2.24) is 9.55 Å². The average molecular weight is 325 g/mol. The van der Waals surface area contributed by atoms with Gasteiger partial charge in [0.25, 0.3) is 0 Å². The maximum absolute atomic E-state index is 13.7. The molecular weight excluding hydrogens is 313 g/mol. The van der Waals surface area contributed by atoms with Crippen LogP contribution in [-0.4, -0.2) is 34.1 Å². The number of aromatic nitrogens is 2. The second-order valence-electron chi connectivity index (χ2n) is 4.98. The van der Waals surface area contributed by atoms with Crippen LogP contribution in [0.15, 0.2) is 29.4 Å². The summed E-state index contributed by atoms with van der Waals surface area (Å²) in [6.07, 6.45) is 6.53. The molecule has 0 aliphatic rings. The number of pyridine rings is 1. The van der Waals surface area contributed by atoms with Gasteiger partial charge in [0.05, 0.1) is 30.9 Å². The van der Waals surface area contributed by atoms with Crippen LogP contribution in [0.25, 0.3) is 21.8 Å². The Hall–Kier alpha value is -3.40. The minimum Gasteiger partial charge on any atom is -0.464 e. The van der Waals surface area contributed by atoms with E-state index in [9.17, 15) is 9.18 Å². The van der Waals surface area contributed by atoms with Gasteiger partial charge in [0.1, 0.15) is 17.2 Å². The molecule has 7 heteroatoms. The molecule has 24 heavy (non-hydrogen) atoms. The molecule has 1 N–H and O–H groups in total. The maximum atomic E-state index is 13.7. The number of carbonyl (C=O) groups excluding carboxylic acids is 1. The van der Waals surface area contributed by atoms with Crippen molar-refractivity contribution >= 4 is 34.0 Å². The van der Waals surface area contributed by atoms with Gasteiger partial charge in [0.15, 0.2) is 0 Å². The number of oxime groups is 1. The first-order valence-corrected chi connectivity index (χ1v) is 6.92. The summed E-state index contributed by atoms with van der Waals surface area (Å²) in [6, 6.07) is 5.78. The predicted octanol–water partition coefficient (Wildman–Crippen LogP) is 2.56. The molecule has 0 fully saturated rings. The summed E-state index contributed by atoms with van der Waals surface area (Å²) in [5.41, 5.74) is 1.46. The van der Waals surface area contributed by atoms with E-state index in [0.29, 0.717) is 21.8 Å². The Morgan fingerprint density at radius 2 is 2.29 bits per heavy atom. The van der Waals surface area contributed by atoms with E-state index < -0.39 is 11.8 Å². The Morgan fingerprint density at radius 1 is 1.50 bits per heavy atom. The first-order chi connectivity index (χ1) is 11.6. The van der Waals surface area contributed by atoms with Gasteiger partial charge in [-0.05, 0) is 24.3 Å². The lowest BCUT2D eigenvalue weighted by Crippen LogP contribution is -2.08. The number of fused-ring (bicyclic) bond motifs is 3. The van der Waals surface area contributed by atoms with Gasteiger partial charge in [-0.3, -0.25) is 0 Å². The van der Waals surface area contributed by atoms with E-state index in [1.807, 2.05) is 0 Å². The highest BCUT2D eigenvalue weighted by molar-refractivity contribution is 6.13. The Bertz CT molecular complexity index is 1030. The number of hydrogen-bond donors (Lipinski definition) is 1. The lowest BCUT2D eigenvalue weighted by Gasteiger charge is -2.06. The van der Waals surface area contributed by atoms with Gasteiger partial charge in [-0.25, -0.2) is 14.2 Å². The van der Waals surface area contributed by atoms with E-state index in [-0.39, 0.29) is 17.9 Å². The van der Waals surface area contributed by atoms with E-state index >= 15 is 0 Å². The van der Waals surface area contributed by atoms with Gasteiger partial charge in [-0.2, -0.15) is 0 Å². The van der Waals surface area contributed by atoms with E-state index in [1.54, 1.807) is 10.6 Å². The van der Waals surface area contributed by atoms with Crippen molar-refractivity contribution in [3.05, 3.63) is 41.5 Å². The predicted molar refractivity (Wildman–Crippen MR) is 86.8 cm³/mol. The van der Waals surface area contributed by atoms with Crippen molar-refractivity contribution in [3.8, 4) is 12.3 Å². The van der Waals surface area contributed by atoms with E-state index in [0.717, 1.165) is 6.21 Å². The summed E-state index contributed by atoms with van der Waals surface area (Å²) in [4.78, 5) is 16.0. The minimum atomic E-state index is -0.654. The summed E-state index contributed by atoms with van der Waals surface area (Å²) in [5.74, 6) is 1.46. The van der Waals surface area contributed by atoms with Crippen molar-refractivity contribution in [2.75, 3.05) is 7.11 Å². The van der Waals surface area contributed by atoms with Gasteiger partial charge in [-0.1, -0.05) is 11.1 Å². The summed E-state index contributed by atoms with van der Waals surface area (Å²) < 4.78 is 20.1. The number of halogens is 1. The summed E-state index contributed by atoms with van der Waals surface area (Å²) in [7, 11) is 1.23. The topological polar surface area (TPSA) is 76.7 Å². The molecule has 0 radical (unpaired) electrons. The maximum Gasteiger partial charge on any atom is 0.356 e. The number of terminal acetylenes is 1. The molecule has 3 aromatic rings. The molecule has 0 bridgehead atoms. The summed E-state index contributed by atoms with van der Waals surface area (Å²) >= 11 is 0. The second-order valence-corrected chi connectivity index (χ2v) is 4.98. The third-order valence-electron chi connectivity index (χ3n) is 3.65. The van der Waals surface area contributed by atoms with Crippen molar-refractivity contribution in [2.45, 2.75) is 6.54 Å². The zero-order chi connectivity index (χ0) is 17.3. The third-order valence-corrected chi connectivity index (χ3v) is 3.65. The van der Waals surface area contributed by atoms with Crippen LogP contribution in [0.1, 0.15) is 16.2 Å². The molecule has 0 unspecified atom stereocenters. The number of benzene rings is 1.